The monoisotopic (exact) mass is 207 g/mol. The van der Waals surface area contributed by atoms with E-state index in [4.69, 9.17) is 5.26 Å². The molecule has 3 unspecified atom stereocenters. The quantitative estimate of drug-likeness (QED) is 0.756. The number of nitrogens with zero attached hydrogens (tertiary/aromatic N) is 2. The van der Waals surface area contributed by atoms with Gasteiger partial charge in [-0.1, -0.05) is 0 Å². The van der Waals surface area contributed by atoms with E-state index in [0.717, 1.165) is 18.6 Å². The summed E-state index contributed by atoms with van der Waals surface area (Å²) in [6.45, 7) is 6.33. The molecule has 1 aliphatic carbocycles. The van der Waals surface area contributed by atoms with Crippen molar-refractivity contribution in [2.24, 2.45) is 5.92 Å². The lowest BCUT2D eigenvalue weighted by atomic mass is 10.1. The van der Waals surface area contributed by atoms with Crippen LogP contribution >= 0.6 is 0 Å². The van der Waals surface area contributed by atoms with Crippen LogP contribution in [0.25, 0.3) is 0 Å². The lowest BCUT2D eigenvalue weighted by molar-refractivity contribution is 0.255. The third-order valence-electron chi connectivity index (χ3n) is 3.57. The molecule has 3 nitrogen and oxygen atoms in total. The Bertz CT molecular complexity index is 254. The fourth-order valence-corrected chi connectivity index (χ4v) is 2.51. The van der Waals surface area contributed by atoms with Gasteiger partial charge in [-0.25, -0.2) is 0 Å². The van der Waals surface area contributed by atoms with Crippen molar-refractivity contribution in [3.05, 3.63) is 0 Å². The van der Waals surface area contributed by atoms with Crippen LogP contribution in [0.1, 0.15) is 33.1 Å². The maximum Gasteiger partial charge on any atom is 0.0666 e. The highest BCUT2D eigenvalue weighted by molar-refractivity contribution is 4.96. The number of rotatable bonds is 4. The molecule has 0 amide bonds. The molecule has 0 aromatic carbocycles. The second-order valence-electron chi connectivity index (χ2n) is 5.15. The van der Waals surface area contributed by atoms with E-state index < -0.39 is 0 Å². The van der Waals surface area contributed by atoms with E-state index in [2.05, 4.69) is 23.2 Å². The number of likely N-dealkylation sites (tertiary alicyclic amines) is 1. The molecule has 3 atom stereocenters. The fraction of sp³-hybridized carbons (Fsp3) is 0.917. The minimum atomic E-state index is 0.135. The lowest BCUT2D eigenvalue weighted by Crippen LogP contribution is -2.36. The van der Waals surface area contributed by atoms with Gasteiger partial charge in [-0.2, -0.15) is 5.26 Å². The third-order valence-corrected chi connectivity index (χ3v) is 3.57. The third kappa shape index (κ3) is 2.70. The van der Waals surface area contributed by atoms with Gasteiger partial charge in [-0.05, 0) is 33.1 Å². The SMILES string of the molecule is CC(C#N)CNC1CC(C)N(C2CC2)C1. The normalized spacial score (nSPS) is 33.9. The Balaban J connectivity index is 1.74. The molecule has 84 valence electrons. The van der Waals surface area contributed by atoms with Crippen LogP contribution < -0.4 is 5.32 Å². The smallest absolute Gasteiger partial charge is 0.0666 e. The molecule has 0 spiro atoms. The van der Waals surface area contributed by atoms with Gasteiger partial charge >= 0.3 is 0 Å². The van der Waals surface area contributed by atoms with Crippen LogP contribution in [-0.4, -0.2) is 36.1 Å². The number of nitriles is 1. The van der Waals surface area contributed by atoms with Gasteiger partial charge in [0.25, 0.3) is 0 Å². The van der Waals surface area contributed by atoms with E-state index in [9.17, 15) is 0 Å². The van der Waals surface area contributed by atoms with Gasteiger partial charge in [0.15, 0.2) is 0 Å². The van der Waals surface area contributed by atoms with Gasteiger partial charge in [0.1, 0.15) is 0 Å². The molecule has 2 aliphatic rings. The Hall–Kier alpha value is -0.590. The number of hydrogen-bond acceptors (Lipinski definition) is 3. The topological polar surface area (TPSA) is 39.1 Å². The van der Waals surface area contributed by atoms with Crippen molar-refractivity contribution in [1.82, 2.24) is 10.2 Å². The average molecular weight is 207 g/mol. The first-order chi connectivity index (χ1) is 7.20. The average Bonchev–Trinajstić information content (AvgIpc) is 3.00. The second-order valence-corrected chi connectivity index (χ2v) is 5.15. The highest BCUT2D eigenvalue weighted by atomic mass is 15.3. The summed E-state index contributed by atoms with van der Waals surface area (Å²) in [7, 11) is 0. The van der Waals surface area contributed by atoms with Crippen LogP contribution in [0, 0.1) is 17.2 Å². The molecule has 2 fully saturated rings. The molecule has 0 bridgehead atoms. The summed E-state index contributed by atoms with van der Waals surface area (Å²) in [4.78, 5) is 2.63. The van der Waals surface area contributed by atoms with Crippen molar-refractivity contribution in [2.45, 2.75) is 51.2 Å². The highest BCUT2D eigenvalue weighted by Gasteiger charge is 2.38. The van der Waals surface area contributed by atoms with Crippen LogP contribution in [0.4, 0.5) is 0 Å². The molecule has 0 aromatic heterocycles. The van der Waals surface area contributed by atoms with Crippen molar-refractivity contribution in [3.8, 4) is 6.07 Å². The van der Waals surface area contributed by atoms with Gasteiger partial charge in [0, 0.05) is 31.2 Å². The van der Waals surface area contributed by atoms with Gasteiger partial charge in [-0.15, -0.1) is 0 Å². The summed E-state index contributed by atoms with van der Waals surface area (Å²) in [5.74, 6) is 0.135. The zero-order valence-electron chi connectivity index (χ0n) is 9.74. The lowest BCUT2D eigenvalue weighted by Gasteiger charge is -2.19. The largest absolute Gasteiger partial charge is 0.311 e. The Morgan fingerprint density at radius 1 is 1.53 bits per heavy atom. The van der Waals surface area contributed by atoms with Crippen LogP contribution in [-0.2, 0) is 0 Å². The van der Waals surface area contributed by atoms with E-state index in [1.54, 1.807) is 0 Å². The predicted octanol–water partition coefficient (Wildman–Crippen LogP) is 1.36. The zero-order valence-corrected chi connectivity index (χ0v) is 9.74. The maximum absolute atomic E-state index is 8.71. The summed E-state index contributed by atoms with van der Waals surface area (Å²) >= 11 is 0. The fourth-order valence-electron chi connectivity index (χ4n) is 2.51. The second kappa shape index (κ2) is 4.51. The Morgan fingerprint density at radius 3 is 2.87 bits per heavy atom. The van der Waals surface area contributed by atoms with Gasteiger partial charge in [0.05, 0.1) is 12.0 Å². The van der Waals surface area contributed by atoms with Crippen LogP contribution in [0.3, 0.4) is 0 Å². The van der Waals surface area contributed by atoms with Crippen molar-refractivity contribution in [1.29, 1.82) is 5.26 Å². The van der Waals surface area contributed by atoms with Crippen molar-refractivity contribution in [3.63, 3.8) is 0 Å². The molecule has 2 rings (SSSR count). The number of hydrogen-bond donors (Lipinski definition) is 1. The molecule has 0 aromatic rings. The zero-order chi connectivity index (χ0) is 10.8. The summed E-state index contributed by atoms with van der Waals surface area (Å²) in [5.41, 5.74) is 0. The first-order valence-electron chi connectivity index (χ1n) is 6.09. The molecule has 1 N–H and O–H groups in total. The number of nitrogens with one attached hydrogen (secondary N) is 1. The van der Waals surface area contributed by atoms with Crippen LogP contribution in [0.5, 0.6) is 0 Å². The first-order valence-corrected chi connectivity index (χ1v) is 6.09. The summed E-state index contributed by atoms with van der Waals surface area (Å²) in [6, 6.07) is 4.48. The Labute approximate surface area is 92.4 Å². The van der Waals surface area contributed by atoms with Crippen LogP contribution in [0.2, 0.25) is 0 Å². The molecule has 15 heavy (non-hydrogen) atoms. The predicted molar refractivity (Wildman–Crippen MR) is 60.4 cm³/mol. The molecule has 0 radical (unpaired) electrons. The van der Waals surface area contributed by atoms with Gasteiger partial charge < -0.3 is 5.32 Å². The Kier molecular flexibility index (Phi) is 3.28. The minimum absolute atomic E-state index is 0.135. The van der Waals surface area contributed by atoms with E-state index in [1.807, 2.05) is 6.92 Å². The van der Waals surface area contributed by atoms with Gasteiger partial charge in [-0.3, -0.25) is 4.90 Å². The molecular formula is C12H21N3. The molecule has 1 saturated heterocycles. The summed E-state index contributed by atoms with van der Waals surface area (Å²) in [5, 5.41) is 12.2. The van der Waals surface area contributed by atoms with E-state index in [1.165, 1.54) is 25.8 Å². The van der Waals surface area contributed by atoms with Crippen molar-refractivity contribution in [2.75, 3.05) is 13.1 Å². The van der Waals surface area contributed by atoms with Gasteiger partial charge in [0.2, 0.25) is 0 Å². The van der Waals surface area contributed by atoms with Crippen molar-refractivity contribution < 1.29 is 0 Å². The maximum atomic E-state index is 8.71. The minimum Gasteiger partial charge on any atom is -0.311 e. The highest BCUT2D eigenvalue weighted by Crippen LogP contribution is 2.33. The van der Waals surface area contributed by atoms with E-state index >= 15 is 0 Å². The molecule has 1 heterocycles. The first kappa shape index (κ1) is 10.9. The summed E-state index contributed by atoms with van der Waals surface area (Å²) < 4.78 is 0. The molecule has 3 heteroatoms. The van der Waals surface area contributed by atoms with E-state index in [0.29, 0.717) is 6.04 Å². The van der Waals surface area contributed by atoms with Crippen LogP contribution in [0.15, 0.2) is 0 Å². The van der Waals surface area contributed by atoms with E-state index in [-0.39, 0.29) is 5.92 Å². The molecular weight excluding hydrogens is 186 g/mol. The molecule has 1 aliphatic heterocycles. The summed E-state index contributed by atoms with van der Waals surface area (Å²) in [6.07, 6.45) is 4.03. The Morgan fingerprint density at radius 2 is 2.27 bits per heavy atom. The van der Waals surface area contributed by atoms with Crippen molar-refractivity contribution >= 4 is 0 Å². The standard InChI is InChI=1S/C12H21N3/c1-9(6-13)7-14-11-5-10(2)15(8-11)12-3-4-12/h9-12,14H,3-5,7-8H2,1-2H3. The molecule has 1 saturated carbocycles.